The maximum atomic E-state index is 5.95. The largest absolute Gasteiger partial charge is 0.496 e. The first-order valence-electron chi connectivity index (χ1n) is 6.64. The first kappa shape index (κ1) is 14.3. The van der Waals surface area contributed by atoms with Crippen LogP contribution in [0.25, 0.3) is 0 Å². The molecular weight excluding hydrogens is 250 g/mol. The Bertz CT molecular complexity index is 621. The van der Waals surface area contributed by atoms with Crippen LogP contribution in [0.4, 0.5) is 5.69 Å². The summed E-state index contributed by atoms with van der Waals surface area (Å²) in [7, 11) is 1.65. The van der Waals surface area contributed by atoms with E-state index in [1.165, 1.54) is 16.7 Å². The second-order valence-electron chi connectivity index (χ2n) is 5.06. The third kappa shape index (κ3) is 3.05. The van der Waals surface area contributed by atoms with Gasteiger partial charge in [0.25, 0.3) is 0 Å². The number of aryl methyl sites for hydroxylation is 2. The van der Waals surface area contributed by atoms with Crippen LogP contribution in [0.15, 0.2) is 30.3 Å². The Morgan fingerprint density at radius 3 is 2.45 bits per heavy atom. The fourth-order valence-electron chi connectivity index (χ4n) is 2.22. The number of nitrogens with two attached hydrogens (primary N) is 1. The van der Waals surface area contributed by atoms with Gasteiger partial charge in [-0.15, -0.1) is 0 Å². The van der Waals surface area contributed by atoms with Gasteiger partial charge in [-0.1, -0.05) is 6.07 Å². The van der Waals surface area contributed by atoms with Gasteiger partial charge >= 0.3 is 0 Å². The highest BCUT2D eigenvalue weighted by Gasteiger charge is 2.08. The van der Waals surface area contributed by atoms with E-state index < -0.39 is 0 Å². The van der Waals surface area contributed by atoms with Crippen LogP contribution >= 0.6 is 0 Å². The maximum absolute atomic E-state index is 5.95. The van der Waals surface area contributed by atoms with Crippen LogP contribution in [0.2, 0.25) is 0 Å². The zero-order chi connectivity index (χ0) is 14.7. The van der Waals surface area contributed by atoms with Gasteiger partial charge in [0.2, 0.25) is 0 Å². The van der Waals surface area contributed by atoms with Gasteiger partial charge in [-0.2, -0.15) is 0 Å². The van der Waals surface area contributed by atoms with Gasteiger partial charge in [-0.05, 0) is 61.7 Å². The molecule has 0 spiro atoms. The number of benzene rings is 2. The third-order valence-electron chi connectivity index (χ3n) is 3.45. The molecule has 0 aliphatic heterocycles. The van der Waals surface area contributed by atoms with E-state index in [-0.39, 0.29) is 0 Å². The van der Waals surface area contributed by atoms with Crippen molar-refractivity contribution in [3.05, 3.63) is 52.6 Å². The molecule has 3 heteroatoms. The zero-order valence-electron chi connectivity index (χ0n) is 12.5. The molecule has 3 nitrogen and oxygen atoms in total. The summed E-state index contributed by atoms with van der Waals surface area (Å²) >= 11 is 0. The minimum absolute atomic E-state index is 0.442. The molecule has 0 saturated carbocycles. The van der Waals surface area contributed by atoms with Crippen molar-refractivity contribution in [1.82, 2.24) is 0 Å². The van der Waals surface area contributed by atoms with Crippen molar-refractivity contribution in [2.45, 2.75) is 27.4 Å². The molecule has 0 aliphatic carbocycles. The lowest BCUT2D eigenvalue weighted by Crippen LogP contribution is -2.02. The minimum atomic E-state index is 0.442. The average Bonchev–Trinajstić information content (AvgIpc) is 2.41. The highest BCUT2D eigenvalue weighted by atomic mass is 16.5. The molecule has 2 N–H and O–H groups in total. The predicted molar refractivity (Wildman–Crippen MR) is 82.4 cm³/mol. The van der Waals surface area contributed by atoms with Crippen molar-refractivity contribution < 1.29 is 9.47 Å². The van der Waals surface area contributed by atoms with Crippen molar-refractivity contribution in [1.29, 1.82) is 0 Å². The number of hydrogen-bond acceptors (Lipinski definition) is 3. The van der Waals surface area contributed by atoms with E-state index in [1.807, 2.05) is 18.2 Å². The van der Waals surface area contributed by atoms with Crippen molar-refractivity contribution >= 4 is 5.69 Å². The molecule has 0 radical (unpaired) electrons. The summed E-state index contributed by atoms with van der Waals surface area (Å²) in [6.07, 6.45) is 0. The smallest absolute Gasteiger partial charge is 0.125 e. The molecule has 0 heterocycles. The Balaban J connectivity index is 2.23. The maximum Gasteiger partial charge on any atom is 0.125 e. The normalized spacial score (nSPS) is 10.4. The molecule has 0 atom stereocenters. The monoisotopic (exact) mass is 271 g/mol. The number of rotatable bonds is 4. The predicted octanol–water partition coefficient (Wildman–Crippen LogP) is 3.78. The van der Waals surface area contributed by atoms with Crippen LogP contribution in [0.5, 0.6) is 11.5 Å². The molecule has 0 unspecified atom stereocenters. The van der Waals surface area contributed by atoms with E-state index >= 15 is 0 Å². The van der Waals surface area contributed by atoms with E-state index in [0.29, 0.717) is 12.3 Å². The molecule has 2 rings (SSSR count). The molecule has 20 heavy (non-hydrogen) atoms. The topological polar surface area (TPSA) is 44.5 Å². The van der Waals surface area contributed by atoms with Gasteiger partial charge in [0.15, 0.2) is 0 Å². The molecule has 0 bridgehead atoms. The van der Waals surface area contributed by atoms with E-state index in [9.17, 15) is 0 Å². The summed E-state index contributed by atoms with van der Waals surface area (Å²) in [4.78, 5) is 0. The fraction of sp³-hybridized carbons (Fsp3) is 0.294. The van der Waals surface area contributed by atoms with E-state index in [4.69, 9.17) is 15.2 Å². The summed E-state index contributed by atoms with van der Waals surface area (Å²) in [5.41, 5.74) is 11.1. The standard InChI is InChI=1S/C17H21NO2/c1-11-7-12(2)13(3)17(8-11)20-10-14-9-15(18)5-6-16(14)19-4/h5-9H,10,18H2,1-4H3. The Morgan fingerprint density at radius 2 is 1.75 bits per heavy atom. The van der Waals surface area contributed by atoms with Crippen LogP contribution in [0.3, 0.4) is 0 Å². The minimum Gasteiger partial charge on any atom is -0.496 e. The Labute approximate surface area is 120 Å². The molecule has 0 saturated heterocycles. The number of methoxy groups -OCH3 is 1. The fourth-order valence-corrected chi connectivity index (χ4v) is 2.22. The molecule has 2 aromatic rings. The SMILES string of the molecule is COc1ccc(N)cc1COc1cc(C)cc(C)c1C. The second kappa shape index (κ2) is 5.87. The number of nitrogen functional groups attached to an aromatic ring is 1. The van der Waals surface area contributed by atoms with Crippen LogP contribution in [-0.4, -0.2) is 7.11 Å². The molecule has 106 valence electrons. The zero-order valence-corrected chi connectivity index (χ0v) is 12.5. The van der Waals surface area contributed by atoms with Gasteiger partial charge in [0.05, 0.1) is 7.11 Å². The van der Waals surface area contributed by atoms with Crippen molar-refractivity contribution in [3.63, 3.8) is 0 Å². The third-order valence-corrected chi connectivity index (χ3v) is 3.45. The Morgan fingerprint density at radius 1 is 1.00 bits per heavy atom. The molecule has 2 aromatic carbocycles. The second-order valence-corrected chi connectivity index (χ2v) is 5.06. The summed E-state index contributed by atoms with van der Waals surface area (Å²) < 4.78 is 11.3. The highest BCUT2D eigenvalue weighted by molar-refractivity contribution is 5.48. The van der Waals surface area contributed by atoms with Gasteiger partial charge in [0.1, 0.15) is 18.1 Å². The first-order chi connectivity index (χ1) is 9.51. The van der Waals surface area contributed by atoms with E-state index in [0.717, 1.165) is 17.1 Å². The molecule has 0 amide bonds. The average molecular weight is 271 g/mol. The molecule has 0 aromatic heterocycles. The van der Waals surface area contributed by atoms with Crippen molar-refractivity contribution in [2.24, 2.45) is 0 Å². The number of anilines is 1. The molecular formula is C17H21NO2. The van der Waals surface area contributed by atoms with E-state index in [2.05, 4.69) is 32.9 Å². The quantitative estimate of drug-likeness (QED) is 0.861. The van der Waals surface area contributed by atoms with Crippen molar-refractivity contribution in [3.8, 4) is 11.5 Å². The summed E-state index contributed by atoms with van der Waals surface area (Å²) in [6.45, 7) is 6.68. The summed E-state index contributed by atoms with van der Waals surface area (Å²) in [6, 6.07) is 9.79. The molecule has 0 aliphatic rings. The number of ether oxygens (including phenoxy) is 2. The molecule has 0 fully saturated rings. The van der Waals surface area contributed by atoms with Crippen LogP contribution in [0.1, 0.15) is 22.3 Å². The summed E-state index contributed by atoms with van der Waals surface area (Å²) in [5, 5.41) is 0. The van der Waals surface area contributed by atoms with Crippen LogP contribution in [0, 0.1) is 20.8 Å². The lowest BCUT2D eigenvalue weighted by Gasteiger charge is -2.14. The van der Waals surface area contributed by atoms with Gasteiger partial charge in [-0.3, -0.25) is 0 Å². The lowest BCUT2D eigenvalue weighted by atomic mass is 10.1. The van der Waals surface area contributed by atoms with Crippen LogP contribution in [-0.2, 0) is 6.61 Å². The van der Waals surface area contributed by atoms with Gasteiger partial charge in [-0.25, -0.2) is 0 Å². The highest BCUT2D eigenvalue weighted by Crippen LogP contribution is 2.27. The van der Waals surface area contributed by atoms with Crippen molar-refractivity contribution in [2.75, 3.05) is 12.8 Å². The van der Waals surface area contributed by atoms with Gasteiger partial charge in [0, 0.05) is 11.3 Å². The van der Waals surface area contributed by atoms with E-state index in [1.54, 1.807) is 7.11 Å². The van der Waals surface area contributed by atoms with Crippen LogP contribution < -0.4 is 15.2 Å². The number of hydrogen-bond donors (Lipinski definition) is 1. The lowest BCUT2D eigenvalue weighted by molar-refractivity contribution is 0.294. The first-order valence-corrected chi connectivity index (χ1v) is 6.64. The Kier molecular flexibility index (Phi) is 4.18. The summed E-state index contributed by atoms with van der Waals surface area (Å²) in [5.74, 6) is 1.70. The Hall–Kier alpha value is -2.16. The van der Waals surface area contributed by atoms with Gasteiger partial charge < -0.3 is 15.2 Å².